The molecule has 152 valence electrons. The predicted octanol–water partition coefficient (Wildman–Crippen LogP) is 2.45. The Morgan fingerprint density at radius 2 is 2.00 bits per heavy atom. The lowest BCUT2D eigenvalue weighted by molar-refractivity contribution is -0.137. The van der Waals surface area contributed by atoms with Crippen molar-refractivity contribution in [1.29, 1.82) is 0 Å². The molecule has 4 amide bonds. The van der Waals surface area contributed by atoms with Gasteiger partial charge in [0.05, 0.1) is 7.11 Å². The second kappa shape index (κ2) is 7.45. The maximum absolute atomic E-state index is 13.1. The van der Waals surface area contributed by atoms with Crippen LogP contribution < -0.4 is 15.4 Å². The number of carbonyl (C=O) groups is 3. The quantitative estimate of drug-likeness (QED) is 0.760. The number of benzene rings is 1. The number of imide groups is 1. The van der Waals surface area contributed by atoms with Gasteiger partial charge in [-0.1, -0.05) is 39.0 Å². The first kappa shape index (κ1) is 20.2. The Bertz CT molecular complexity index is 792. The zero-order valence-corrected chi connectivity index (χ0v) is 17.0. The van der Waals surface area contributed by atoms with Crippen molar-refractivity contribution in [2.24, 2.45) is 11.3 Å². The van der Waals surface area contributed by atoms with Gasteiger partial charge in [0, 0.05) is 12.1 Å². The largest absolute Gasteiger partial charge is 0.496 e. The van der Waals surface area contributed by atoms with E-state index in [1.165, 1.54) is 0 Å². The monoisotopic (exact) mass is 387 g/mol. The zero-order valence-electron chi connectivity index (χ0n) is 17.0. The second-order valence-electron chi connectivity index (χ2n) is 8.85. The summed E-state index contributed by atoms with van der Waals surface area (Å²) >= 11 is 0. The van der Waals surface area contributed by atoms with E-state index in [-0.39, 0.29) is 30.3 Å². The van der Waals surface area contributed by atoms with Crippen LogP contribution in [0.3, 0.4) is 0 Å². The van der Waals surface area contributed by atoms with Crippen LogP contribution in [0, 0.1) is 11.3 Å². The Hall–Kier alpha value is -2.57. The fraction of sp³-hybridized carbons (Fsp3) is 0.571. The molecule has 28 heavy (non-hydrogen) atoms. The summed E-state index contributed by atoms with van der Waals surface area (Å²) in [4.78, 5) is 39.0. The smallest absolute Gasteiger partial charge is 0.325 e. The van der Waals surface area contributed by atoms with Crippen LogP contribution in [0.1, 0.15) is 45.6 Å². The molecule has 0 bridgehead atoms. The van der Waals surface area contributed by atoms with Gasteiger partial charge in [-0.3, -0.25) is 14.5 Å². The lowest BCUT2D eigenvalue weighted by atomic mass is 9.64. The summed E-state index contributed by atoms with van der Waals surface area (Å²) in [6, 6.07) is 6.89. The highest BCUT2D eigenvalue weighted by Crippen LogP contribution is 2.46. The predicted molar refractivity (Wildman–Crippen MR) is 105 cm³/mol. The van der Waals surface area contributed by atoms with Gasteiger partial charge in [-0.2, -0.15) is 0 Å². The molecule has 0 aromatic heterocycles. The molecule has 0 radical (unpaired) electrons. The number of hydrogen-bond donors (Lipinski definition) is 2. The van der Waals surface area contributed by atoms with Gasteiger partial charge in [0.25, 0.3) is 5.91 Å². The van der Waals surface area contributed by atoms with Crippen LogP contribution in [0.15, 0.2) is 24.3 Å². The molecular formula is C21H29N3O4. The minimum atomic E-state index is -0.888. The lowest BCUT2D eigenvalue weighted by Gasteiger charge is -2.43. The first-order chi connectivity index (χ1) is 13.2. The number of carbonyl (C=O) groups excluding carboxylic acids is 3. The van der Waals surface area contributed by atoms with Crippen molar-refractivity contribution in [1.82, 2.24) is 15.5 Å². The molecule has 1 saturated carbocycles. The summed E-state index contributed by atoms with van der Waals surface area (Å²) in [5, 5.41) is 5.66. The fourth-order valence-electron chi connectivity index (χ4n) is 4.89. The van der Waals surface area contributed by atoms with E-state index in [2.05, 4.69) is 31.4 Å². The highest BCUT2D eigenvalue weighted by atomic mass is 16.5. The van der Waals surface area contributed by atoms with Gasteiger partial charge in [0.2, 0.25) is 5.91 Å². The van der Waals surface area contributed by atoms with E-state index in [0.29, 0.717) is 24.5 Å². The third-order valence-corrected chi connectivity index (χ3v) is 5.59. The standard InChI is InChI=1S/C21H29N3O4/c1-14-9-20(2,3)13-21(10-14)18(26)24(19(27)23-21)12-17(25)22-11-15-7-5-6-8-16(15)28-4/h5-8,14H,9-13H2,1-4H3,(H,22,25)(H,23,27)/t14-,21-/m0/s1. The van der Waals surface area contributed by atoms with Gasteiger partial charge in [-0.25, -0.2) is 4.79 Å². The molecule has 1 saturated heterocycles. The molecule has 1 spiro atoms. The number of ether oxygens (including phenoxy) is 1. The summed E-state index contributed by atoms with van der Waals surface area (Å²) in [5.41, 5.74) is -0.0981. The van der Waals surface area contributed by atoms with E-state index in [9.17, 15) is 14.4 Å². The van der Waals surface area contributed by atoms with Crippen LogP contribution in [0.2, 0.25) is 0 Å². The van der Waals surface area contributed by atoms with E-state index in [4.69, 9.17) is 4.74 Å². The summed E-state index contributed by atoms with van der Waals surface area (Å²) in [6.07, 6.45) is 2.21. The highest BCUT2D eigenvalue weighted by Gasteiger charge is 2.56. The van der Waals surface area contributed by atoms with E-state index in [1.807, 2.05) is 24.3 Å². The summed E-state index contributed by atoms with van der Waals surface area (Å²) in [5.74, 6) is 0.335. The van der Waals surface area contributed by atoms with Gasteiger partial charge >= 0.3 is 6.03 Å². The molecule has 1 heterocycles. The molecule has 1 aliphatic heterocycles. The van der Waals surface area contributed by atoms with E-state index in [0.717, 1.165) is 16.9 Å². The maximum Gasteiger partial charge on any atom is 0.325 e. The zero-order chi connectivity index (χ0) is 20.5. The minimum absolute atomic E-state index is 0.0390. The van der Waals surface area contributed by atoms with Crippen molar-refractivity contribution in [2.75, 3.05) is 13.7 Å². The van der Waals surface area contributed by atoms with E-state index < -0.39 is 11.6 Å². The molecule has 2 fully saturated rings. The Morgan fingerprint density at radius 1 is 1.29 bits per heavy atom. The number of nitrogens with zero attached hydrogens (tertiary/aromatic N) is 1. The summed E-state index contributed by atoms with van der Waals surface area (Å²) in [6.45, 7) is 6.32. The van der Waals surface area contributed by atoms with Gasteiger partial charge in [0.15, 0.2) is 0 Å². The number of urea groups is 1. The van der Waals surface area contributed by atoms with Crippen LogP contribution in [0.5, 0.6) is 5.75 Å². The summed E-state index contributed by atoms with van der Waals surface area (Å²) in [7, 11) is 1.57. The third-order valence-electron chi connectivity index (χ3n) is 5.59. The highest BCUT2D eigenvalue weighted by molar-refractivity contribution is 6.09. The molecular weight excluding hydrogens is 358 g/mol. The van der Waals surface area contributed by atoms with Gasteiger partial charge in [0.1, 0.15) is 17.8 Å². The number of rotatable bonds is 5. The average molecular weight is 387 g/mol. The SMILES string of the molecule is COc1ccccc1CNC(=O)CN1C(=O)N[C@]2(C[C@@H](C)CC(C)(C)C2)C1=O. The molecule has 3 rings (SSSR count). The number of para-hydroxylation sites is 1. The van der Waals surface area contributed by atoms with Crippen LogP contribution in [0.4, 0.5) is 4.79 Å². The normalized spacial score (nSPS) is 26.3. The topological polar surface area (TPSA) is 87.7 Å². The molecule has 2 atom stereocenters. The average Bonchev–Trinajstić information content (AvgIpc) is 2.81. The van der Waals surface area contributed by atoms with Crippen LogP contribution in [-0.4, -0.2) is 41.9 Å². The Morgan fingerprint density at radius 3 is 2.68 bits per heavy atom. The Labute approximate surface area is 165 Å². The van der Waals surface area contributed by atoms with Crippen molar-refractivity contribution in [3.05, 3.63) is 29.8 Å². The second-order valence-corrected chi connectivity index (χ2v) is 8.85. The van der Waals surface area contributed by atoms with Gasteiger partial charge in [-0.15, -0.1) is 0 Å². The molecule has 1 aromatic carbocycles. The van der Waals surface area contributed by atoms with Gasteiger partial charge in [-0.05, 0) is 36.7 Å². The number of hydrogen-bond acceptors (Lipinski definition) is 4. The molecule has 0 unspecified atom stereocenters. The van der Waals surface area contributed by atoms with E-state index in [1.54, 1.807) is 7.11 Å². The molecule has 7 nitrogen and oxygen atoms in total. The van der Waals surface area contributed by atoms with Crippen LogP contribution in [-0.2, 0) is 16.1 Å². The lowest BCUT2D eigenvalue weighted by Crippen LogP contribution is -2.54. The van der Waals surface area contributed by atoms with E-state index >= 15 is 0 Å². The van der Waals surface area contributed by atoms with Gasteiger partial charge < -0.3 is 15.4 Å². The Kier molecular flexibility index (Phi) is 5.37. The molecule has 2 N–H and O–H groups in total. The van der Waals surface area contributed by atoms with Crippen molar-refractivity contribution < 1.29 is 19.1 Å². The minimum Gasteiger partial charge on any atom is -0.496 e. The molecule has 2 aliphatic rings. The molecule has 1 aromatic rings. The van der Waals surface area contributed by atoms with Crippen molar-refractivity contribution in [3.8, 4) is 5.75 Å². The maximum atomic E-state index is 13.1. The van der Waals surface area contributed by atoms with Crippen LogP contribution >= 0.6 is 0 Å². The summed E-state index contributed by atoms with van der Waals surface area (Å²) < 4.78 is 5.27. The van der Waals surface area contributed by atoms with Crippen molar-refractivity contribution >= 4 is 17.8 Å². The Balaban J connectivity index is 1.65. The fourth-order valence-corrected chi connectivity index (χ4v) is 4.89. The third kappa shape index (κ3) is 3.98. The van der Waals surface area contributed by atoms with Crippen molar-refractivity contribution in [3.63, 3.8) is 0 Å². The molecule has 1 aliphatic carbocycles. The number of methoxy groups -OCH3 is 1. The van der Waals surface area contributed by atoms with Crippen molar-refractivity contribution in [2.45, 2.75) is 52.1 Å². The number of nitrogens with one attached hydrogen (secondary N) is 2. The van der Waals surface area contributed by atoms with Crippen LogP contribution in [0.25, 0.3) is 0 Å². The molecule has 7 heteroatoms. The first-order valence-corrected chi connectivity index (χ1v) is 9.68. The number of amides is 4. The first-order valence-electron chi connectivity index (χ1n) is 9.68.